The van der Waals surface area contributed by atoms with Crippen molar-refractivity contribution in [1.29, 1.82) is 0 Å². The molecular formula is C31H34N2O7. The Kier molecular flexibility index (Phi) is 7.61. The summed E-state index contributed by atoms with van der Waals surface area (Å²) in [7, 11) is 1.62. The van der Waals surface area contributed by atoms with E-state index in [1.54, 1.807) is 13.2 Å². The number of anilines is 1. The number of benzene rings is 2. The van der Waals surface area contributed by atoms with Gasteiger partial charge in [-0.3, -0.25) is 19.7 Å². The second kappa shape index (κ2) is 11.0. The Morgan fingerprint density at radius 3 is 2.58 bits per heavy atom. The summed E-state index contributed by atoms with van der Waals surface area (Å²) in [6.07, 6.45) is 3.84. The molecule has 2 saturated heterocycles. The monoisotopic (exact) mass is 546 g/mol. The van der Waals surface area contributed by atoms with Gasteiger partial charge < -0.3 is 14.6 Å². The number of allylic oxidation sites excluding steroid dienone is 1. The molecule has 2 fully saturated rings. The zero-order valence-electron chi connectivity index (χ0n) is 23.2. The predicted molar refractivity (Wildman–Crippen MR) is 150 cm³/mol. The molecule has 5 rings (SSSR count). The number of nitrogens with zero attached hydrogens (tertiary/aromatic N) is 2. The van der Waals surface area contributed by atoms with Crippen molar-refractivity contribution in [2.75, 3.05) is 25.2 Å². The number of aromatic hydroxyl groups is 1. The number of ether oxygens (including phenoxy) is 2. The van der Waals surface area contributed by atoms with Gasteiger partial charge in [0.1, 0.15) is 5.75 Å². The van der Waals surface area contributed by atoms with Crippen LogP contribution < -0.4 is 4.90 Å². The first-order valence-corrected chi connectivity index (χ1v) is 13.5. The van der Waals surface area contributed by atoms with Gasteiger partial charge >= 0.3 is 0 Å². The first kappa shape index (κ1) is 27.7. The molecule has 40 heavy (non-hydrogen) atoms. The second-order valence-electron chi connectivity index (χ2n) is 11.1. The van der Waals surface area contributed by atoms with Crippen molar-refractivity contribution in [3.05, 3.63) is 79.9 Å². The molecule has 2 heterocycles. The van der Waals surface area contributed by atoms with Crippen LogP contribution in [0.4, 0.5) is 11.4 Å². The Morgan fingerprint density at radius 1 is 1.18 bits per heavy atom. The van der Waals surface area contributed by atoms with Crippen LogP contribution in [0.3, 0.4) is 0 Å². The quantitative estimate of drug-likeness (QED) is 0.207. The van der Waals surface area contributed by atoms with E-state index in [0.29, 0.717) is 25.4 Å². The summed E-state index contributed by atoms with van der Waals surface area (Å²) < 4.78 is 11.8. The van der Waals surface area contributed by atoms with Gasteiger partial charge in [-0.25, -0.2) is 4.90 Å². The van der Waals surface area contributed by atoms with Crippen LogP contribution in [0, 0.1) is 41.7 Å². The number of imide groups is 1. The number of carbonyl (C=O) groups excluding carboxylic acids is 2. The number of non-ortho nitro benzene ring substituents is 1. The van der Waals surface area contributed by atoms with Gasteiger partial charge in [0.05, 0.1) is 41.8 Å². The maximum Gasteiger partial charge on any atom is 0.271 e. The minimum Gasteiger partial charge on any atom is -0.507 e. The molecule has 4 atom stereocenters. The van der Waals surface area contributed by atoms with E-state index in [1.807, 2.05) is 26.0 Å². The number of hydrogen-bond donors (Lipinski definition) is 1. The van der Waals surface area contributed by atoms with Crippen LogP contribution in [0.25, 0.3) is 6.08 Å². The van der Waals surface area contributed by atoms with Crippen LogP contribution in [-0.4, -0.2) is 48.3 Å². The highest BCUT2D eigenvalue weighted by atomic mass is 16.6. The van der Waals surface area contributed by atoms with Crippen molar-refractivity contribution in [3.8, 4) is 5.75 Å². The molecule has 0 saturated carbocycles. The minimum absolute atomic E-state index is 0.169. The van der Waals surface area contributed by atoms with Gasteiger partial charge in [-0.1, -0.05) is 17.7 Å². The second-order valence-corrected chi connectivity index (χ2v) is 11.1. The third-order valence-corrected chi connectivity index (χ3v) is 8.35. The Hall–Kier alpha value is -3.82. The number of nitro benzene ring substituents is 1. The lowest BCUT2D eigenvalue weighted by Crippen LogP contribution is -2.35. The molecule has 9 nitrogen and oxygen atoms in total. The number of phenols is 1. The van der Waals surface area contributed by atoms with Crippen molar-refractivity contribution in [1.82, 2.24) is 0 Å². The third-order valence-electron chi connectivity index (χ3n) is 8.35. The average Bonchev–Trinajstić information content (AvgIpc) is 3.44. The highest BCUT2D eigenvalue weighted by Crippen LogP contribution is 2.50. The maximum atomic E-state index is 13.7. The molecular weight excluding hydrogens is 512 g/mol. The highest BCUT2D eigenvalue weighted by Gasteiger charge is 2.57. The maximum absolute atomic E-state index is 13.7. The average molecular weight is 547 g/mol. The Labute approximate surface area is 233 Å². The summed E-state index contributed by atoms with van der Waals surface area (Å²) in [6, 6.07) is 9.59. The fourth-order valence-corrected chi connectivity index (χ4v) is 6.57. The van der Waals surface area contributed by atoms with Gasteiger partial charge in [-0.05, 0) is 86.1 Å². The first-order chi connectivity index (χ1) is 19.1. The van der Waals surface area contributed by atoms with E-state index in [0.717, 1.165) is 45.6 Å². The number of methoxy groups -OCH3 is 1. The number of aryl methyl sites for hydroxylation is 2. The van der Waals surface area contributed by atoms with Crippen LogP contribution in [-0.2, 0) is 19.1 Å². The van der Waals surface area contributed by atoms with Gasteiger partial charge in [0, 0.05) is 25.2 Å². The molecule has 3 aliphatic rings. The van der Waals surface area contributed by atoms with E-state index >= 15 is 0 Å². The molecule has 2 aromatic rings. The zero-order valence-corrected chi connectivity index (χ0v) is 23.2. The molecule has 9 heteroatoms. The Bertz CT molecular complexity index is 1420. The lowest BCUT2D eigenvalue weighted by Gasteiger charge is -2.31. The number of amides is 2. The molecule has 0 radical (unpaired) electrons. The van der Waals surface area contributed by atoms with Crippen molar-refractivity contribution in [2.45, 2.75) is 46.1 Å². The van der Waals surface area contributed by atoms with E-state index in [-0.39, 0.29) is 35.2 Å². The van der Waals surface area contributed by atoms with Gasteiger partial charge in [0.2, 0.25) is 11.8 Å². The minimum atomic E-state index is -0.563. The SMILES string of the molecule is COCC1=C2[C@@H](CC/C(C)=C/c3cc(C)c(O)c(C)c3)OC[C@@H]2[C@@H]2C(=O)N(c3cccc([N+](=O)[O-])c3)C(=O)[C@@H]2C1. The van der Waals surface area contributed by atoms with Crippen LogP contribution in [0.5, 0.6) is 5.75 Å². The van der Waals surface area contributed by atoms with Crippen molar-refractivity contribution >= 4 is 29.3 Å². The van der Waals surface area contributed by atoms with Gasteiger partial charge in [-0.2, -0.15) is 0 Å². The molecule has 210 valence electrons. The summed E-state index contributed by atoms with van der Waals surface area (Å²) in [4.78, 5) is 39.1. The largest absolute Gasteiger partial charge is 0.507 e. The normalized spacial score (nSPS) is 24.5. The van der Waals surface area contributed by atoms with Crippen LogP contribution >= 0.6 is 0 Å². The topological polar surface area (TPSA) is 119 Å². The summed E-state index contributed by atoms with van der Waals surface area (Å²) >= 11 is 0. The van der Waals surface area contributed by atoms with E-state index in [4.69, 9.17) is 9.47 Å². The summed E-state index contributed by atoms with van der Waals surface area (Å²) in [6.45, 7) is 6.54. The number of hydrogen-bond acceptors (Lipinski definition) is 7. The lowest BCUT2D eigenvalue weighted by atomic mass is 9.69. The van der Waals surface area contributed by atoms with Crippen molar-refractivity contribution < 1.29 is 29.1 Å². The molecule has 1 aliphatic carbocycles. The Morgan fingerprint density at radius 2 is 1.90 bits per heavy atom. The molecule has 1 N–H and O–H groups in total. The summed E-state index contributed by atoms with van der Waals surface area (Å²) in [5.74, 6) is -1.68. The standard InChI is InChI=1S/C31H34N2O7/c1-17(10-20-11-18(2)29(34)19(3)12-20)8-9-26-27-21(15-39-4)13-24-28(25(27)16-40-26)31(36)32(30(24)35)22-6-5-7-23(14-22)33(37)38/h5-7,10-12,14,24-26,28,34H,8-9,13,15-16H2,1-4H3/b17-10+/t24-,25+,26-,28-/m1/s1. The van der Waals surface area contributed by atoms with Crippen molar-refractivity contribution in [2.24, 2.45) is 17.8 Å². The van der Waals surface area contributed by atoms with Gasteiger partial charge in [0.15, 0.2) is 0 Å². The molecule has 0 aromatic heterocycles. The number of carbonyl (C=O) groups is 2. The predicted octanol–water partition coefficient (Wildman–Crippen LogP) is 5.27. The van der Waals surface area contributed by atoms with E-state index < -0.39 is 16.8 Å². The molecule has 0 spiro atoms. The van der Waals surface area contributed by atoms with Crippen LogP contribution in [0.15, 0.2) is 53.1 Å². The van der Waals surface area contributed by atoms with Crippen LogP contribution in [0.2, 0.25) is 0 Å². The van der Waals surface area contributed by atoms with Gasteiger partial charge in [-0.15, -0.1) is 0 Å². The van der Waals surface area contributed by atoms with E-state index in [1.165, 1.54) is 23.8 Å². The fraction of sp³-hybridized carbons (Fsp3) is 0.419. The number of rotatable bonds is 8. The molecule has 0 unspecified atom stereocenters. The summed E-state index contributed by atoms with van der Waals surface area (Å²) in [5.41, 5.74) is 6.00. The number of phenolic OH excluding ortho intramolecular Hbond substituents is 1. The molecule has 2 aliphatic heterocycles. The van der Waals surface area contributed by atoms with Gasteiger partial charge in [0.25, 0.3) is 5.69 Å². The summed E-state index contributed by atoms with van der Waals surface area (Å²) in [5, 5.41) is 21.4. The van der Waals surface area contributed by atoms with Crippen molar-refractivity contribution in [3.63, 3.8) is 0 Å². The molecule has 0 bridgehead atoms. The number of fused-ring (bicyclic) bond motifs is 3. The Balaban J connectivity index is 1.37. The lowest BCUT2D eigenvalue weighted by molar-refractivity contribution is -0.384. The first-order valence-electron chi connectivity index (χ1n) is 13.5. The van der Waals surface area contributed by atoms with E-state index in [2.05, 4.69) is 13.0 Å². The van der Waals surface area contributed by atoms with E-state index in [9.17, 15) is 24.8 Å². The fourth-order valence-electron chi connectivity index (χ4n) is 6.57. The molecule has 2 aromatic carbocycles. The zero-order chi connectivity index (χ0) is 28.7. The molecule has 2 amide bonds. The smallest absolute Gasteiger partial charge is 0.271 e. The number of nitro groups is 1. The highest BCUT2D eigenvalue weighted by molar-refractivity contribution is 6.22. The van der Waals surface area contributed by atoms with Crippen LogP contribution in [0.1, 0.15) is 42.9 Å². The third kappa shape index (κ3) is 4.95.